The fourth-order valence-corrected chi connectivity index (χ4v) is 10.2. The molecule has 4 saturated heterocycles. The number of likely N-dealkylation sites (tertiary alicyclic amines) is 4. The molecule has 7 N–H and O–H groups in total. The van der Waals surface area contributed by atoms with Gasteiger partial charge in [-0.3, -0.25) is 9.69 Å². The van der Waals surface area contributed by atoms with E-state index in [0.29, 0.717) is 50.4 Å². The molecule has 0 saturated carbocycles. The number of aliphatic hydroxyl groups excluding tert-OH is 3. The number of hydrogen-bond donors (Lipinski definition) is 7. The van der Waals surface area contributed by atoms with Crippen molar-refractivity contribution in [3.05, 3.63) is 155 Å². The summed E-state index contributed by atoms with van der Waals surface area (Å²) in [5.74, 6) is 7.79. The first-order valence-corrected chi connectivity index (χ1v) is 24.3. The Kier molecular flexibility index (Phi) is 13.8. The zero-order valence-corrected chi connectivity index (χ0v) is 38.8. The summed E-state index contributed by atoms with van der Waals surface area (Å²) in [6.07, 6.45) is 5.74. The highest BCUT2D eigenvalue weighted by Crippen LogP contribution is 2.37. The first-order valence-electron chi connectivity index (χ1n) is 24.3. The molecule has 4 aliphatic rings. The maximum atomic E-state index is 14.3. The summed E-state index contributed by atoms with van der Waals surface area (Å²) >= 11 is 0. The maximum Gasteiger partial charge on any atom is 0.318 e. The Morgan fingerprint density at radius 1 is 0.600 bits per heavy atom. The van der Waals surface area contributed by atoms with Crippen LogP contribution in [0.4, 0.5) is 9.59 Å². The fourth-order valence-electron chi connectivity index (χ4n) is 10.2. The minimum atomic E-state index is -1.01. The number of imidazole rings is 2. The molecule has 4 aromatic carbocycles. The average Bonchev–Trinajstić information content (AvgIpc) is 4.26. The van der Waals surface area contributed by atoms with Crippen LogP contribution in [0.5, 0.6) is 0 Å². The van der Waals surface area contributed by atoms with Gasteiger partial charge in [-0.05, 0) is 85.0 Å². The number of urea groups is 2. The topological polar surface area (TPSA) is 206 Å². The molecule has 16 nitrogen and oxygen atoms in total. The predicted octanol–water partition coefficient (Wildman–Crippen LogP) is 6.02. The van der Waals surface area contributed by atoms with Crippen LogP contribution in [0, 0.1) is 11.8 Å². The van der Waals surface area contributed by atoms with E-state index in [2.05, 4.69) is 32.4 Å². The second-order valence-electron chi connectivity index (χ2n) is 18.7. The summed E-state index contributed by atoms with van der Waals surface area (Å²) in [5.41, 5.74) is 6.75. The van der Waals surface area contributed by atoms with Gasteiger partial charge in [-0.1, -0.05) is 96.8 Å². The zero-order valence-electron chi connectivity index (χ0n) is 38.8. The smallest absolute Gasteiger partial charge is 0.318 e. The molecule has 0 radical (unpaired) electrons. The molecule has 2 aromatic heterocycles. The van der Waals surface area contributed by atoms with E-state index in [-0.39, 0.29) is 43.1 Å². The Morgan fingerprint density at radius 3 is 1.64 bits per heavy atom. The van der Waals surface area contributed by atoms with Gasteiger partial charge in [0.1, 0.15) is 23.9 Å². The maximum absolute atomic E-state index is 14.3. The van der Waals surface area contributed by atoms with Crippen molar-refractivity contribution in [2.75, 3.05) is 39.3 Å². The van der Waals surface area contributed by atoms with Crippen LogP contribution in [0.15, 0.2) is 122 Å². The second-order valence-corrected chi connectivity index (χ2v) is 18.7. The van der Waals surface area contributed by atoms with E-state index < -0.39 is 30.5 Å². The molecule has 5 amide bonds. The number of aromatic amines is 2. The van der Waals surface area contributed by atoms with Gasteiger partial charge in [0.15, 0.2) is 0 Å². The molecule has 4 aliphatic heterocycles. The van der Waals surface area contributed by atoms with E-state index in [1.54, 1.807) is 16.0 Å². The van der Waals surface area contributed by atoms with Crippen molar-refractivity contribution in [3.8, 4) is 34.4 Å². The molecule has 16 heteroatoms. The van der Waals surface area contributed by atoms with Gasteiger partial charge in [-0.2, -0.15) is 0 Å². The number of H-pyrrole nitrogens is 2. The van der Waals surface area contributed by atoms with Crippen molar-refractivity contribution >= 4 is 18.0 Å². The molecule has 0 spiro atoms. The number of carbonyl (C=O) groups excluding carboxylic acids is 3. The number of amides is 5. The van der Waals surface area contributed by atoms with Gasteiger partial charge in [0.2, 0.25) is 5.91 Å². The van der Waals surface area contributed by atoms with Gasteiger partial charge in [-0.25, -0.2) is 19.6 Å². The molecule has 7 unspecified atom stereocenters. The van der Waals surface area contributed by atoms with Crippen molar-refractivity contribution in [1.29, 1.82) is 0 Å². The third kappa shape index (κ3) is 10.2. The van der Waals surface area contributed by atoms with E-state index in [1.165, 1.54) is 0 Å². The number of aliphatic hydroxyl groups is 3. The van der Waals surface area contributed by atoms with Crippen molar-refractivity contribution in [3.63, 3.8) is 0 Å². The lowest BCUT2D eigenvalue weighted by molar-refractivity contribution is -0.134. The number of rotatable bonds is 11. The third-order valence-electron chi connectivity index (χ3n) is 14.0. The Morgan fingerprint density at radius 2 is 1.10 bits per heavy atom. The Bertz CT molecular complexity index is 2830. The van der Waals surface area contributed by atoms with Crippen LogP contribution in [-0.4, -0.2) is 131 Å². The van der Waals surface area contributed by atoms with Crippen LogP contribution in [0.2, 0.25) is 0 Å². The largest absolute Gasteiger partial charge is 0.391 e. The van der Waals surface area contributed by atoms with Gasteiger partial charge >= 0.3 is 12.1 Å². The van der Waals surface area contributed by atoms with E-state index in [0.717, 1.165) is 70.7 Å². The Hall–Kier alpha value is -7.29. The predicted molar refractivity (Wildman–Crippen MR) is 262 cm³/mol. The highest BCUT2D eigenvalue weighted by molar-refractivity contribution is 5.89. The van der Waals surface area contributed by atoms with Gasteiger partial charge in [0.05, 0.1) is 54.1 Å². The monoisotopic (exact) mass is 942 g/mol. The van der Waals surface area contributed by atoms with Crippen molar-refractivity contribution in [2.45, 2.75) is 81.1 Å². The number of benzene rings is 4. The summed E-state index contributed by atoms with van der Waals surface area (Å²) in [7, 11) is 0. The molecule has 6 heterocycles. The molecule has 10 rings (SSSR count). The van der Waals surface area contributed by atoms with E-state index in [9.17, 15) is 29.7 Å². The van der Waals surface area contributed by atoms with E-state index in [1.807, 2.05) is 125 Å². The molecular weight excluding hydrogens is 885 g/mol. The standard InChI is InChI=1S/C54H58N10O6/c65-41-25-29-61(33-41)53(69)59-47(39-9-3-1-4-10-39)51(67)63-27-7-13-45(63)49-55-31-43(57-49)37-21-17-35(18-22-37)15-16-36-19-23-38(24-20-36)44-32-56-50(58-44)46-14-8-28-64(46)52(68)48(40-11-5-2-6-12-40)60-54(70)62-30-26-42(66)34-62/h1-6,9-12,17-24,31-32,41-42,45-48,51,65-67H,7-8,13-14,25-30,33-34H2,(H,55,57)(H,56,58)(H,59,69)(H,60,70). The van der Waals surface area contributed by atoms with Gasteiger partial charge in [0.25, 0.3) is 0 Å². The first kappa shape index (κ1) is 46.4. The van der Waals surface area contributed by atoms with Crippen molar-refractivity contribution in [1.82, 2.24) is 50.2 Å². The molecule has 4 fully saturated rings. The lowest BCUT2D eigenvalue weighted by Crippen LogP contribution is -2.49. The molecule has 6 aromatic rings. The highest BCUT2D eigenvalue weighted by atomic mass is 16.3. The molecule has 0 bridgehead atoms. The number of aromatic nitrogens is 4. The van der Waals surface area contributed by atoms with Crippen LogP contribution in [0.1, 0.15) is 96.6 Å². The van der Waals surface area contributed by atoms with Crippen LogP contribution in [-0.2, 0) is 4.79 Å². The van der Waals surface area contributed by atoms with E-state index in [4.69, 9.17) is 9.97 Å². The van der Waals surface area contributed by atoms with Gasteiger partial charge in [-0.15, -0.1) is 0 Å². The minimum Gasteiger partial charge on any atom is -0.391 e. The van der Waals surface area contributed by atoms with Crippen molar-refractivity contribution in [2.24, 2.45) is 0 Å². The molecule has 7 atom stereocenters. The molecule has 70 heavy (non-hydrogen) atoms. The summed E-state index contributed by atoms with van der Waals surface area (Å²) in [6.45, 7) is 2.60. The van der Waals surface area contributed by atoms with Crippen LogP contribution >= 0.6 is 0 Å². The SMILES string of the molecule is O=C(NC(C(=O)N1CCCC1c1ncc(-c2ccc(C#Cc3ccc(-c4cnc(C5CCCN5C(O)C(NC(=O)N5CCC(O)C5)c5ccccc5)[nH]4)cc3)cc2)[nH]1)c1ccccc1)N1CCC(O)C1. The minimum absolute atomic E-state index is 0.182. The first-order chi connectivity index (χ1) is 34.1. The Balaban J connectivity index is 0.768. The number of hydrogen-bond acceptors (Lipinski definition) is 9. The summed E-state index contributed by atoms with van der Waals surface area (Å²) in [5, 5.41) is 38.0. The normalized spacial score (nSPS) is 21.6. The zero-order chi connectivity index (χ0) is 48.1. The summed E-state index contributed by atoms with van der Waals surface area (Å²) < 4.78 is 0. The highest BCUT2D eigenvalue weighted by Gasteiger charge is 2.40. The van der Waals surface area contributed by atoms with E-state index >= 15 is 0 Å². The molecule has 0 aliphatic carbocycles. The molecular formula is C54H58N10O6. The molecule has 360 valence electrons. The van der Waals surface area contributed by atoms with Crippen LogP contribution in [0.25, 0.3) is 22.5 Å². The average molecular weight is 943 g/mol. The number of nitrogens with zero attached hydrogens (tertiary/aromatic N) is 6. The summed E-state index contributed by atoms with van der Waals surface area (Å²) in [4.78, 5) is 64.2. The third-order valence-corrected chi connectivity index (χ3v) is 14.0. The lowest BCUT2D eigenvalue weighted by atomic mass is 10.0. The van der Waals surface area contributed by atoms with Gasteiger partial charge in [0, 0.05) is 50.4 Å². The fraction of sp³-hybridized carbons (Fsp3) is 0.352. The van der Waals surface area contributed by atoms with Gasteiger partial charge < -0.3 is 50.6 Å². The van der Waals surface area contributed by atoms with Crippen molar-refractivity contribution < 1.29 is 29.7 Å². The number of β-amino-alcohol motifs (C(OH)–C–C–N with tert-alkyl or cyclic N) is 2. The number of carbonyl (C=O) groups is 3. The number of nitrogens with one attached hydrogen (secondary N) is 4. The van der Waals surface area contributed by atoms with Crippen LogP contribution < -0.4 is 10.6 Å². The lowest BCUT2D eigenvalue weighted by Gasteiger charge is -2.35. The van der Waals surface area contributed by atoms with Crippen LogP contribution in [0.3, 0.4) is 0 Å². The quantitative estimate of drug-likeness (QED) is 0.0758. The Labute approximate surface area is 406 Å². The second kappa shape index (κ2) is 20.7. The summed E-state index contributed by atoms with van der Waals surface area (Å²) in [6, 6.07) is 32.0.